The molecule has 0 aromatic heterocycles. The molecule has 0 spiro atoms. The molecule has 0 heterocycles. The third kappa shape index (κ3) is 4.92. The van der Waals surface area contributed by atoms with Gasteiger partial charge in [-0.15, -0.1) is 0 Å². The fourth-order valence-electron chi connectivity index (χ4n) is 2.56. The van der Waals surface area contributed by atoms with E-state index in [-0.39, 0.29) is 0 Å². The number of benzene rings is 2. The number of nitrogens with one attached hydrogen (secondary N) is 2. The Morgan fingerprint density at radius 1 is 0.923 bits per heavy atom. The molecule has 0 aliphatic heterocycles. The highest BCUT2D eigenvalue weighted by Crippen LogP contribution is 2.25. The number of ether oxygens (including phenoxy) is 1. The minimum absolute atomic E-state index is 0.491. The number of hydrogen-bond acceptors (Lipinski definition) is 4. The average Bonchev–Trinajstić information content (AvgIpc) is 2.68. The van der Waals surface area contributed by atoms with Gasteiger partial charge in [-0.25, -0.2) is 4.79 Å². The Bertz CT molecular complexity index is 747. The lowest BCUT2D eigenvalue weighted by Crippen LogP contribution is -2.41. The van der Waals surface area contributed by atoms with Crippen molar-refractivity contribution in [1.82, 2.24) is 10.6 Å². The molecular formula is C20H22N2O4. The molecule has 0 bridgehead atoms. The van der Waals surface area contributed by atoms with Crippen molar-refractivity contribution >= 4 is 17.9 Å². The Balaban J connectivity index is 2.24. The number of carbonyl (C=O) groups excluding carboxylic acids is 3. The molecule has 6 heteroatoms. The van der Waals surface area contributed by atoms with Crippen LogP contribution in [0.25, 0.3) is 0 Å². The molecule has 2 aromatic rings. The van der Waals surface area contributed by atoms with Crippen molar-refractivity contribution in [1.29, 1.82) is 0 Å². The third-order valence-electron chi connectivity index (χ3n) is 3.93. The molecule has 2 aromatic carbocycles. The zero-order valence-electron chi connectivity index (χ0n) is 14.8. The van der Waals surface area contributed by atoms with Crippen molar-refractivity contribution in [2.45, 2.75) is 25.4 Å². The Morgan fingerprint density at radius 2 is 1.46 bits per heavy atom. The van der Waals surface area contributed by atoms with Gasteiger partial charge in [-0.3, -0.25) is 14.9 Å². The largest absolute Gasteiger partial charge is 0.447 e. The number of rotatable bonds is 6. The van der Waals surface area contributed by atoms with Crippen LogP contribution in [0.2, 0.25) is 0 Å². The lowest BCUT2D eigenvalue weighted by Gasteiger charge is -2.21. The van der Waals surface area contributed by atoms with Gasteiger partial charge in [0.15, 0.2) is 0 Å². The van der Waals surface area contributed by atoms with Gasteiger partial charge in [0.25, 0.3) is 5.91 Å². The predicted molar refractivity (Wildman–Crippen MR) is 97.3 cm³/mol. The smallest absolute Gasteiger partial charge is 0.321 e. The van der Waals surface area contributed by atoms with Gasteiger partial charge in [0.1, 0.15) is 0 Å². The molecule has 6 nitrogen and oxygen atoms in total. The van der Waals surface area contributed by atoms with Crippen molar-refractivity contribution in [2.75, 3.05) is 7.05 Å². The van der Waals surface area contributed by atoms with E-state index >= 15 is 0 Å². The maximum absolute atomic E-state index is 12.7. The first kappa shape index (κ1) is 19.2. The predicted octanol–water partition coefficient (Wildman–Crippen LogP) is 2.92. The molecular weight excluding hydrogens is 332 g/mol. The summed E-state index contributed by atoms with van der Waals surface area (Å²) in [4.78, 5) is 36.6. The number of esters is 1. The fraction of sp³-hybridized carbons (Fsp3) is 0.250. The summed E-state index contributed by atoms with van der Waals surface area (Å²) in [7, 11) is 1.40. The molecule has 0 aliphatic rings. The fourth-order valence-corrected chi connectivity index (χ4v) is 2.56. The van der Waals surface area contributed by atoms with Crippen molar-refractivity contribution in [3.05, 3.63) is 71.8 Å². The van der Waals surface area contributed by atoms with Crippen LogP contribution < -0.4 is 10.6 Å². The van der Waals surface area contributed by atoms with Crippen LogP contribution in [-0.4, -0.2) is 25.0 Å². The number of hydrogen-bond donors (Lipinski definition) is 2. The maximum Gasteiger partial charge on any atom is 0.321 e. The summed E-state index contributed by atoms with van der Waals surface area (Å²) in [6, 6.07) is 17.2. The number of imide groups is 1. The van der Waals surface area contributed by atoms with Crippen molar-refractivity contribution in [2.24, 2.45) is 0 Å². The van der Waals surface area contributed by atoms with Gasteiger partial charge in [-0.1, -0.05) is 67.6 Å². The van der Waals surface area contributed by atoms with Crippen LogP contribution in [0.5, 0.6) is 0 Å². The van der Waals surface area contributed by atoms with Crippen LogP contribution in [0.4, 0.5) is 4.79 Å². The first-order valence-electron chi connectivity index (χ1n) is 8.39. The Hall–Kier alpha value is -3.15. The topological polar surface area (TPSA) is 84.5 Å². The molecule has 136 valence electrons. The molecule has 0 aliphatic carbocycles. The van der Waals surface area contributed by atoms with Gasteiger partial charge in [-0.05, 0) is 12.0 Å². The van der Waals surface area contributed by atoms with E-state index in [0.717, 1.165) is 5.56 Å². The summed E-state index contributed by atoms with van der Waals surface area (Å²) in [6.45, 7) is 1.88. The quantitative estimate of drug-likeness (QED) is 0.781. The molecule has 2 rings (SSSR count). The first-order valence-corrected chi connectivity index (χ1v) is 8.39. The second-order valence-electron chi connectivity index (χ2n) is 5.67. The summed E-state index contributed by atoms with van der Waals surface area (Å²) < 4.78 is 5.52. The third-order valence-corrected chi connectivity index (χ3v) is 3.93. The van der Waals surface area contributed by atoms with E-state index in [1.54, 1.807) is 30.3 Å². The van der Waals surface area contributed by atoms with E-state index in [9.17, 15) is 14.4 Å². The van der Waals surface area contributed by atoms with E-state index < -0.39 is 29.9 Å². The SMILES string of the molecule is CC[C@@H](C(=O)O[C@H](C(=O)NC(=O)NC)c1ccccc1)c1ccccc1. The average molecular weight is 354 g/mol. The molecule has 2 atom stereocenters. The molecule has 26 heavy (non-hydrogen) atoms. The molecule has 2 N–H and O–H groups in total. The minimum atomic E-state index is -1.21. The van der Waals surface area contributed by atoms with Gasteiger partial charge in [0, 0.05) is 12.6 Å². The molecule has 0 saturated heterocycles. The molecule has 0 unspecified atom stereocenters. The Kier molecular flexibility index (Phi) is 6.91. The van der Waals surface area contributed by atoms with E-state index in [1.807, 2.05) is 37.3 Å². The van der Waals surface area contributed by atoms with Gasteiger partial charge in [-0.2, -0.15) is 0 Å². The minimum Gasteiger partial charge on any atom is -0.447 e. The molecule has 0 saturated carbocycles. The molecule has 0 fully saturated rings. The second-order valence-corrected chi connectivity index (χ2v) is 5.67. The normalized spacial score (nSPS) is 12.5. The Labute approximate surface area is 152 Å². The highest BCUT2D eigenvalue weighted by atomic mass is 16.5. The van der Waals surface area contributed by atoms with Crippen LogP contribution >= 0.6 is 0 Å². The van der Waals surface area contributed by atoms with Gasteiger partial charge >= 0.3 is 12.0 Å². The van der Waals surface area contributed by atoms with Crippen LogP contribution in [0.15, 0.2) is 60.7 Å². The highest BCUT2D eigenvalue weighted by molar-refractivity contribution is 5.98. The van der Waals surface area contributed by atoms with E-state index in [4.69, 9.17) is 4.74 Å². The lowest BCUT2D eigenvalue weighted by molar-refractivity contribution is -0.157. The number of amides is 3. The standard InChI is InChI=1S/C20H22N2O4/c1-3-16(14-10-6-4-7-11-14)19(24)26-17(15-12-8-5-9-13-15)18(23)22-20(25)21-2/h4-13,16-17H,3H2,1-2H3,(H2,21,22,23,25)/t16-,17+/m1/s1. The summed E-state index contributed by atoms with van der Waals surface area (Å²) in [5.41, 5.74) is 1.31. The molecule has 0 radical (unpaired) electrons. The number of urea groups is 1. The maximum atomic E-state index is 12.7. The van der Waals surface area contributed by atoms with E-state index in [1.165, 1.54) is 7.05 Å². The number of carbonyl (C=O) groups is 3. The van der Waals surface area contributed by atoms with Crippen molar-refractivity contribution in [3.8, 4) is 0 Å². The lowest BCUT2D eigenvalue weighted by atomic mass is 9.96. The second kappa shape index (κ2) is 9.36. The Morgan fingerprint density at radius 3 is 1.96 bits per heavy atom. The monoisotopic (exact) mass is 354 g/mol. The highest BCUT2D eigenvalue weighted by Gasteiger charge is 2.30. The summed E-state index contributed by atoms with van der Waals surface area (Å²) in [6.07, 6.45) is -0.680. The van der Waals surface area contributed by atoms with Crippen LogP contribution in [-0.2, 0) is 14.3 Å². The van der Waals surface area contributed by atoms with Crippen LogP contribution in [0.1, 0.15) is 36.5 Å². The molecule has 3 amide bonds. The van der Waals surface area contributed by atoms with Crippen LogP contribution in [0.3, 0.4) is 0 Å². The van der Waals surface area contributed by atoms with Gasteiger partial charge in [0.2, 0.25) is 6.10 Å². The zero-order valence-corrected chi connectivity index (χ0v) is 14.8. The first-order chi connectivity index (χ1) is 12.6. The van der Waals surface area contributed by atoms with Gasteiger partial charge < -0.3 is 10.1 Å². The van der Waals surface area contributed by atoms with Crippen molar-refractivity contribution < 1.29 is 19.1 Å². The zero-order chi connectivity index (χ0) is 18.9. The van der Waals surface area contributed by atoms with Crippen LogP contribution in [0, 0.1) is 0 Å². The van der Waals surface area contributed by atoms with E-state index in [2.05, 4.69) is 10.6 Å². The summed E-state index contributed by atoms with van der Waals surface area (Å²) in [5.74, 6) is -1.71. The van der Waals surface area contributed by atoms with Gasteiger partial charge in [0.05, 0.1) is 5.92 Å². The van der Waals surface area contributed by atoms with E-state index in [0.29, 0.717) is 12.0 Å². The van der Waals surface area contributed by atoms with Crippen molar-refractivity contribution in [3.63, 3.8) is 0 Å². The summed E-state index contributed by atoms with van der Waals surface area (Å²) in [5, 5.41) is 4.47. The summed E-state index contributed by atoms with van der Waals surface area (Å²) >= 11 is 0.